The quantitative estimate of drug-likeness (QED) is 0.419. The highest BCUT2D eigenvalue weighted by Crippen LogP contribution is 2.18. The van der Waals surface area contributed by atoms with Crippen LogP contribution < -0.4 is 10.6 Å². The van der Waals surface area contributed by atoms with E-state index in [0.29, 0.717) is 31.1 Å². The van der Waals surface area contributed by atoms with Gasteiger partial charge in [-0.3, -0.25) is 19.1 Å². The van der Waals surface area contributed by atoms with Crippen LogP contribution in [0.5, 0.6) is 0 Å². The van der Waals surface area contributed by atoms with Gasteiger partial charge < -0.3 is 10.6 Å². The number of hydrogen-bond donors (Lipinski definition) is 2. The molecule has 2 N–H and O–H groups in total. The number of nitrogens with one attached hydrogen (secondary N) is 2. The van der Waals surface area contributed by atoms with E-state index in [2.05, 4.69) is 15.6 Å². The van der Waals surface area contributed by atoms with E-state index < -0.39 is 21.6 Å². The number of hydrogen-bond acceptors (Lipinski definition) is 6. The van der Waals surface area contributed by atoms with Crippen molar-refractivity contribution in [2.75, 3.05) is 30.4 Å². The number of nitrogens with zero attached hydrogens (tertiary/aromatic N) is 2. The van der Waals surface area contributed by atoms with Crippen molar-refractivity contribution in [3.05, 3.63) is 27.9 Å². The molecule has 0 radical (unpaired) electrons. The van der Waals surface area contributed by atoms with Crippen molar-refractivity contribution in [2.45, 2.75) is 13.3 Å². The van der Waals surface area contributed by atoms with E-state index in [1.165, 1.54) is 6.07 Å². The first kappa shape index (κ1) is 17.0. The average molecular weight is 314 g/mol. The van der Waals surface area contributed by atoms with E-state index in [4.69, 9.17) is 0 Å². The van der Waals surface area contributed by atoms with Gasteiger partial charge in [-0.2, -0.15) is 0 Å². The number of rotatable bonds is 8. The lowest BCUT2D eigenvalue weighted by atomic mass is 10.2. The lowest BCUT2D eigenvalue weighted by molar-refractivity contribution is -0.385. The Bertz CT molecular complexity index is 550. The number of amides is 1. The van der Waals surface area contributed by atoms with Gasteiger partial charge in [0.1, 0.15) is 12.0 Å². The highest BCUT2D eigenvalue weighted by Gasteiger charge is 2.17. The highest BCUT2D eigenvalue weighted by molar-refractivity contribution is 7.84. The zero-order valence-corrected chi connectivity index (χ0v) is 12.7. The number of carbonyl (C=O) groups is 1. The summed E-state index contributed by atoms with van der Waals surface area (Å²) in [5.41, 5.74) is -0.111. The molecule has 0 aliphatic heterocycles. The summed E-state index contributed by atoms with van der Waals surface area (Å²) in [5, 5.41) is 16.3. The lowest BCUT2D eigenvalue weighted by Crippen LogP contribution is -2.26. The van der Waals surface area contributed by atoms with E-state index >= 15 is 0 Å². The summed E-state index contributed by atoms with van der Waals surface area (Å²) in [5.74, 6) is 0.358. The third kappa shape index (κ3) is 5.46. The fourth-order valence-corrected chi connectivity index (χ4v) is 2.16. The van der Waals surface area contributed by atoms with Gasteiger partial charge in [-0.05, 0) is 13.3 Å². The number of anilines is 1. The van der Waals surface area contributed by atoms with Crippen LogP contribution in [0.25, 0.3) is 0 Å². The summed E-state index contributed by atoms with van der Waals surface area (Å²) in [7, 11) is -0.907. The van der Waals surface area contributed by atoms with Gasteiger partial charge in [0.15, 0.2) is 0 Å². The Balaban J connectivity index is 2.81. The maximum Gasteiger partial charge on any atom is 0.288 e. The normalized spacial score (nSPS) is 11.7. The van der Waals surface area contributed by atoms with E-state index in [-0.39, 0.29) is 11.3 Å². The molecule has 1 aromatic rings. The molecule has 8 nitrogen and oxygen atoms in total. The zero-order chi connectivity index (χ0) is 15.8. The fraction of sp³-hybridized carbons (Fsp3) is 0.500. The van der Waals surface area contributed by atoms with Gasteiger partial charge in [0.05, 0.1) is 10.5 Å². The largest absolute Gasteiger partial charge is 0.370 e. The topological polar surface area (TPSA) is 114 Å². The van der Waals surface area contributed by atoms with Gasteiger partial charge in [-0.25, -0.2) is 4.98 Å². The van der Waals surface area contributed by atoms with Crippen LogP contribution in [-0.4, -0.2) is 45.1 Å². The minimum Gasteiger partial charge on any atom is -0.370 e. The first-order chi connectivity index (χ1) is 9.95. The molecule has 0 bridgehead atoms. The zero-order valence-electron chi connectivity index (χ0n) is 11.9. The molecular formula is C12H18N4O4S. The summed E-state index contributed by atoms with van der Waals surface area (Å²) in [4.78, 5) is 26.1. The van der Waals surface area contributed by atoms with Crippen molar-refractivity contribution < 1.29 is 13.9 Å². The molecule has 0 saturated carbocycles. The Morgan fingerprint density at radius 3 is 2.81 bits per heavy atom. The molecule has 1 rings (SSSR count). The molecule has 0 aliphatic carbocycles. The van der Waals surface area contributed by atoms with Crippen LogP contribution in [0.3, 0.4) is 0 Å². The molecule has 1 atom stereocenters. The molecule has 116 valence electrons. The van der Waals surface area contributed by atoms with Crippen LogP contribution in [0.2, 0.25) is 0 Å². The SMILES string of the molecule is CCNc1ncc([N+](=O)[O-])cc1C(=O)NCCCS(C)=O. The minimum atomic E-state index is -0.907. The van der Waals surface area contributed by atoms with Crippen molar-refractivity contribution in [3.8, 4) is 0 Å². The molecule has 0 aliphatic rings. The predicted molar refractivity (Wildman–Crippen MR) is 80.9 cm³/mol. The van der Waals surface area contributed by atoms with Crippen molar-refractivity contribution in [3.63, 3.8) is 0 Å². The number of aromatic nitrogens is 1. The van der Waals surface area contributed by atoms with Crippen molar-refractivity contribution in [1.29, 1.82) is 0 Å². The molecule has 0 spiro atoms. The Morgan fingerprint density at radius 1 is 1.52 bits per heavy atom. The van der Waals surface area contributed by atoms with Crippen molar-refractivity contribution in [1.82, 2.24) is 10.3 Å². The van der Waals surface area contributed by atoms with E-state index in [0.717, 1.165) is 6.20 Å². The predicted octanol–water partition coefficient (Wildman–Crippen LogP) is 0.920. The Hall–Kier alpha value is -2.03. The minimum absolute atomic E-state index is 0.128. The smallest absolute Gasteiger partial charge is 0.288 e. The van der Waals surface area contributed by atoms with E-state index in [1.54, 1.807) is 6.26 Å². The fourth-order valence-electron chi connectivity index (χ4n) is 1.61. The summed E-state index contributed by atoms with van der Waals surface area (Å²) < 4.78 is 10.9. The van der Waals surface area contributed by atoms with Crippen molar-refractivity contribution in [2.24, 2.45) is 0 Å². The second-order valence-electron chi connectivity index (χ2n) is 4.26. The van der Waals surface area contributed by atoms with Crippen molar-refractivity contribution >= 4 is 28.2 Å². The standard InChI is InChI=1S/C12H18N4O4S/c1-3-13-11-10(7-9(8-15-11)16(18)19)12(17)14-5-4-6-21(2)20/h7-8H,3-6H2,1-2H3,(H,13,15)(H,14,17). The third-order valence-electron chi connectivity index (χ3n) is 2.57. The Labute approximate surface area is 124 Å². The number of carbonyl (C=O) groups excluding carboxylic acids is 1. The molecular weight excluding hydrogens is 296 g/mol. The first-order valence-corrected chi connectivity index (χ1v) is 8.15. The second kappa shape index (κ2) is 8.30. The molecule has 0 saturated heterocycles. The van der Waals surface area contributed by atoms with Crippen LogP contribution in [0.15, 0.2) is 12.3 Å². The molecule has 1 amide bonds. The monoisotopic (exact) mass is 314 g/mol. The van der Waals surface area contributed by atoms with E-state index in [1.807, 2.05) is 6.92 Å². The van der Waals surface area contributed by atoms with Gasteiger partial charge in [-0.1, -0.05) is 0 Å². The highest BCUT2D eigenvalue weighted by atomic mass is 32.2. The van der Waals surface area contributed by atoms with Crippen LogP contribution in [-0.2, 0) is 10.8 Å². The van der Waals surface area contributed by atoms with Gasteiger partial charge >= 0.3 is 0 Å². The second-order valence-corrected chi connectivity index (χ2v) is 5.82. The molecule has 9 heteroatoms. The third-order valence-corrected chi connectivity index (χ3v) is 3.43. The number of pyridine rings is 1. The van der Waals surface area contributed by atoms with Crippen LogP contribution in [0.4, 0.5) is 11.5 Å². The maximum atomic E-state index is 12.1. The van der Waals surface area contributed by atoms with Gasteiger partial charge in [-0.15, -0.1) is 0 Å². The van der Waals surface area contributed by atoms with E-state index in [9.17, 15) is 19.1 Å². The Morgan fingerprint density at radius 2 is 2.24 bits per heavy atom. The Kier molecular flexibility index (Phi) is 6.73. The summed E-state index contributed by atoms with van der Waals surface area (Å²) in [6.45, 7) is 2.73. The van der Waals surface area contributed by atoms with Crippen LogP contribution in [0, 0.1) is 10.1 Å². The molecule has 1 aromatic heterocycles. The van der Waals surface area contributed by atoms with Gasteiger partial charge in [0.2, 0.25) is 0 Å². The maximum absolute atomic E-state index is 12.1. The molecule has 0 fully saturated rings. The first-order valence-electron chi connectivity index (χ1n) is 6.42. The van der Waals surface area contributed by atoms with Gasteiger partial charge in [0.25, 0.3) is 11.6 Å². The summed E-state index contributed by atoms with van der Waals surface area (Å²) >= 11 is 0. The lowest BCUT2D eigenvalue weighted by Gasteiger charge is -2.09. The molecule has 1 heterocycles. The molecule has 1 unspecified atom stereocenters. The summed E-state index contributed by atoms with van der Waals surface area (Å²) in [6, 6.07) is 1.19. The average Bonchev–Trinajstić information content (AvgIpc) is 2.43. The summed E-state index contributed by atoms with van der Waals surface area (Å²) in [6.07, 6.45) is 3.28. The molecule has 0 aromatic carbocycles. The van der Waals surface area contributed by atoms with Crippen LogP contribution in [0.1, 0.15) is 23.7 Å². The number of nitro groups is 1. The van der Waals surface area contributed by atoms with Gasteiger partial charge in [0, 0.05) is 42.0 Å². The molecule has 21 heavy (non-hydrogen) atoms. The van der Waals surface area contributed by atoms with Crippen LogP contribution >= 0.6 is 0 Å².